The largest absolute Gasteiger partial charge is 0.395 e. The van der Waals surface area contributed by atoms with E-state index in [4.69, 9.17) is 0 Å². The number of hydrogen-bond donors (Lipinski definition) is 1. The van der Waals surface area contributed by atoms with E-state index in [0.29, 0.717) is 6.04 Å². The number of benzene rings is 2. The molecule has 3 nitrogen and oxygen atoms in total. The molecular weight excluding hydrogens is 284 g/mol. The van der Waals surface area contributed by atoms with E-state index < -0.39 is 0 Å². The molecule has 0 aliphatic carbocycles. The molecule has 0 aromatic heterocycles. The number of nitrogens with zero attached hydrogens (tertiary/aromatic N) is 2. The van der Waals surface area contributed by atoms with Crippen LogP contribution < -0.4 is 0 Å². The van der Waals surface area contributed by atoms with Crippen molar-refractivity contribution < 1.29 is 5.11 Å². The van der Waals surface area contributed by atoms with Crippen LogP contribution in [-0.4, -0.2) is 46.7 Å². The van der Waals surface area contributed by atoms with Crippen LogP contribution in [0.4, 0.5) is 0 Å². The summed E-state index contributed by atoms with van der Waals surface area (Å²) in [4.78, 5) is 4.90. The fourth-order valence-electron chi connectivity index (χ4n) is 3.53. The minimum atomic E-state index is 0.197. The molecule has 2 atom stereocenters. The maximum absolute atomic E-state index is 9.87. The molecule has 2 aromatic rings. The van der Waals surface area contributed by atoms with Crippen LogP contribution >= 0.6 is 0 Å². The summed E-state index contributed by atoms with van der Waals surface area (Å²) in [5.74, 6) is 0. The highest BCUT2D eigenvalue weighted by Crippen LogP contribution is 2.20. The Bertz CT molecular complexity index is 587. The Morgan fingerprint density at radius 2 is 1.43 bits per heavy atom. The second-order valence-corrected chi connectivity index (χ2v) is 6.52. The van der Waals surface area contributed by atoms with Crippen LogP contribution in [0.3, 0.4) is 0 Å². The van der Waals surface area contributed by atoms with Crippen molar-refractivity contribution in [1.82, 2.24) is 9.80 Å². The van der Waals surface area contributed by atoms with E-state index in [0.717, 1.165) is 26.2 Å². The standard InChI is InChI=1S/C20H26N2O/c1-17-12-21(13-18-8-4-2-5-9-18)15-20(16-23)22(17)14-19-10-6-3-7-11-19/h2-11,17,20,23H,12-16H2,1H3. The third-order valence-electron chi connectivity index (χ3n) is 4.69. The van der Waals surface area contributed by atoms with E-state index in [9.17, 15) is 5.11 Å². The Morgan fingerprint density at radius 1 is 0.870 bits per heavy atom. The molecule has 1 heterocycles. The summed E-state index contributed by atoms with van der Waals surface area (Å²) in [6, 6.07) is 21.8. The van der Waals surface area contributed by atoms with Crippen molar-refractivity contribution in [2.24, 2.45) is 0 Å². The molecule has 0 radical (unpaired) electrons. The van der Waals surface area contributed by atoms with Gasteiger partial charge in [-0.1, -0.05) is 60.7 Å². The fourth-order valence-corrected chi connectivity index (χ4v) is 3.53. The first-order valence-electron chi connectivity index (χ1n) is 8.43. The van der Waals surface area contributed by atoms with Gasteiger partial charge in [0.25, 0.3) is 0 Å². The fraction of sp³-hybridized carbons (Fsp3) is 0.400. The lowest BCUT2D eigenvalue weighted by molar-refractivity contribution is -0.00429. The van der Waals surface area contributed by atoms with E-state index in [1.54, 1.807) is 0 Å². The highest BCUT2D eigenvalue weighted by atomic mass is 16.3. The smallest absolute Gasteiger partial charge is 0.0599 e. The van der Waals surface area contributed by atoms with Crippen LogP contribution in [0.25, 0.3) is 0 Å². The van der Waals surface area contributed by atoms with Crippen LogP contribution in [0.2, 0.25) is 0 Å². The van der Waals surface area contributed by atoms with Crippen molar-refractivity contribution in [2.45, 2.75) is 32.1 Å². The van der Waals surface area contributed by atoms with Gasteiger partial charge in [0.05, 0.1) is 6.61 Å². The van der Waals surface area contributed by atoms with E-state index in [2.05, 4.69) is 71.3 Å². The number of aliphatic hydroxyl groups is 1. The summed E-state index contributed by atoms with van der Waals surface area (Å²) in [7, 11) is 0. The van der Waals surface area contributed by atoms with Crippen LogP contribution in [0, 0.1) is 0 Å². The molecule has 0 amide bonds. The summed E-state index contributed by atoms with van der Waals surface area (Å²) in [6.45, 7) is 6.30. The minimum absolute atomic E-state index is 0.197. The van der Waals surface area contributed by atoms with Gasteiger partial charge in [-0.15, -0.1) is 0 Å². The summed E-state index contributed by atoms with van der Waals surface area (Å²) < 4.78 is 0. The van der Waals surface area contributed by atoms with Crippen molar-refractivity contribution in [3.05, 3.63) is 71.8 Å². The second kappa shape index (κ2) is 7.73. The van der Waals surface area contributed by atoms with Gasteiger partial charge in [0, 0.05) is 38.3 Å². The number of hydrogen-bond acceptors (Lipinski definition) is 3. The third-order valence-corrected chi connectivity index (χ3v) is 4.69. The molecule has 2 unspecified atom stereocenters. The zero-order valence-corrected chi connectivity index (χ0v) is 13.8. The van der Waals surface area contributed by atoms with Gasteiger partial charge in [-0.3, -0.25) is 9.80 Å². The van der Waals surface area contributed by atoms with Gasteiger partial charge >= 0.3 is 0 Å². The molecule has 1 fully saturated rings. The maximum Gasteiger partial charge on any atom is 0.0599 e. The normalized spacial score (nSPS) is 23.0. The molecule has 3 rings (SSSR count). The predicted octanol–water partition coefficient (Wildman–Crippen LogP) is 2.75. The van der Waals surface area contributed by atoms with Gasteiger partial charge in [-0.2, -0.15) is 0 Å². The Balaban J connectivity index is 1.66. The molecule has 122 valence electrons. The van der Waals surface area contributed by atoms with Crippen molar-refractivity contribution in [2.75, 3.05) is 19.7 Å². The number of aliphatic hydroxyl groups excluding tert-OH is 1. The zero-order chi connectivity index (χ0) is 16.1. The molecule has 1 aliphatic rings. The molecule has 2 aromatic carbocycles. The van der Waals surface area contributed by atoms with E-state index in [-0.39, 0.29) is 12.6 Å². The van der Waals surface area contributed by atoms with Gasteiger partial charge in [-0.25, -0.2) is 0 Å². The highest BCUT2D eigenvalue weighted by molar-refractivity contribution is 5.16. The Kier molecular flexibility index (Phi) is 5.44. The average Bonchev–Trinajstić information content (AvgIpc) is 2.59. The summed E-state index contributed by atoms with van der Waals surface area (Å²) in [6.07, 6.45) is 0. The van der Waals surface area contributed by atoms with E-state index >= 15 is 0 Å². The van der Waals surface area contributed by atoms with Crippen molar-refractivity contribution in [1.29, 1.82) is 0 Å². The first kappa shape index (κ1) is 16.2. The molecule has 0 spiro atoms. The van der Waals surface area contributed by atoms with Gasteiger partial charge in [-0.05, 0) is 18.1 Å². The van der Waals surface area contributed by atoms with Crippen LogP contribution in [0.15, 0.2) is 60.7 Å². The number of piperazine rings is 1. The summed E-state index contributed by atoms with van der Waals surface area (Å²) in [5, 5.41) is 9.87. The van der Waals surface area contributed by atoms with Gasteiger partial charge < -0.3 is 5.11 Å². The van der Waals surface area contributed by atoms with Gasteiger partial charge in [0.1, 0.15) is 0 Å². The van der Waals surface area contributed by atoms with Crippen LogP contribution in [-0.2, 0) is 13.1 Å². The van der Waals surface area contributed by atoms with Crippen LogP contribution in [0.1, 0.15) is 18.1 Å². The molecule has 0 saturated carbocycles. The topological polar surface area (TPSA) is 26.7 Å². The zero-order valence-electron chi connectivity index (χ0n) is 13.8. The lowest BCUT2D eigenvalue weighted by Crippen LogP contribution is -2.58. The average molecular weight is 310 g/mol. The first-order chi connectivity index (χ1) is 11.3. The Hall–Kier alpha value is -1.68. The molecular formula is C20H26N2O. The molecule has 3 heteroatoms. The molecule has 1 aliphatic heterocycles. The molecule has 1 N–H and O–H groups in total. The van der Waals surface area contributed by atoms with Gasteiger partial charge in [0.15, 0.2) is 0 Å². The molecule has 0 bridgehead atoms. The van der Waals surface area contributed by atoms with E-state index in [1.807, 2.05) is 6.07 Å². The predicted molar refractivity (Wildman–Crippen MR) is 94.0 cm³/mol. The minimum Gasteiger partial charge on any atom is -0.395 e. The first-order valence-corrected chi connectivity index (χ1v) is 8.43. The summed E-state index contributed by atoms with van der Waals surface area (Å²) in [5.41, 5.74) is 2.65. The molecule has 23 heavy (non-hydrogen) atoms. The van der Waals surface area contributed by atoms with Gasteiger partial charge in [0.2, 0.25) is 0 Å². The van der Waals surface area contributed by atoms with Crippen LogP contribution in [0.5, 0.6) is 0 Å². The third kappa shape index (κ3) is 4.20. The molecule has 1 saturated heterocycles. The Morgan fingerprint density at radius 3 is 2.00 bits per heavy atom. The monoisotopic (exact) mass is 310 g/mol. The Labute approximate surface area is 139 Å². The lowest BCUT2D eigenvalue weighted by atomic mass is 10.0. The van der Waals surface area contributed by atoms with Crippen molar-refractivity contribution in [3.8, 4) is 0 Å². The van der Waals surface area contributed by atoms with Crippen molar-refractivity contribution in [3.63, 3.8) is 0 Å². The van der Waals surface area contributed by atoms with Crippen molar-refractivity contribution >= 4 is 0 Å². The summed E-state index contributed by atoms with van der Waals surface area (Å²) >= 11 is 0. The lowest BCUT2D eigenvalue weighted by Gasteiger charge is -2.45. The van der Waals surface area contributed by atoms with E-state index in [1.165, 1.54) is 11.1 Å². The quantitative estimate of drug-likeness (QED) is 0.920. The maximum atomic E-state index is 9.87. The SMILES string of the molecule is CC1CN(Cc2ccccc2)CC(CO)N1Cc1ccccc1. The highest BCUT2D eigenvalue weighted by Gasteiger charge is 2.31. The number of rotatable bonds is 5. The second-order valence-electron chi connectivity index (χ2n) is 6.52.